The molecule has 0 radical (unpaired) electrons. The normalized spacial score (nSPS) is 11.8. The first-order valence-corrected chi connectivity index (χ1v) is 6.65. The van der Waals surface area contributed by atoms with Crippen molar-refractivity contribution in [2.24, 2.45) is 5.92 Å². The van der Waals surface area contributed by atoms with Gasteiger partial charge in [-0.25, -0.2) is 4.98 Å². The van der Waals surface area contributed by atoms with Gasteiger partial charge in [0.15, 0.2) is 5.69 Å². The van der Waals surface area contributed by atoms with Crippen LogP contribution >= 0.6 is 0 Å². The lowest BCUT2D eigenvalue weighted by atomic mass is 10.1. The van der Waals surface area contributed by atoms with E-state index in [0.717, 1.165) is 12.5 Å². The number of rotatable bonds is 6. The average molecular weight is 290 g/mol. The molecule has 0 spiro atoms. The van der Waals surface area contributed by atoms with Crippen molar-refractivity contribution in [1.29, 1.82) is 0 Å². The molecule has 20 heavy (non-hydrogen) atoms. The second kappa shape index (κ2) is 6.76. The molecule has 1 rings (SSSR count). The third-order valence-corrected chi connectivity index (χ3v) is 2.77. The van der Waals surface area contributed by atoms with Crippen molar-refractivity contribution in [2.45, 2.75) is 33.4 Å². The van der Waals surface area contributed by atoms with Crippen LogP contribution in [-0.4, -0.2) is 30.1 Å². The molecule has 0 aromatic carbocycles. The zero-order valence-corrected chi connectivity index (χ0v) is 12.3. The number of halogens is 3. The lowest BCUT2D eigenvalue weighted by molar-refractivity contribution is -0.141. The lowest BCUT2D eigenvalue weighted by Gasteiger charge is -2.21. The molecule has 0 aliphatic rings. The van der Waals surface area contributed by atoms with E-state index in [9.17, 15) is 13.2 Å². The molecule has 0 unspecified atom stereocenters. The predicted molar refractivity (Wildman–Crippen MR) is 73.9 cm³/mol. The molecule has 0 atom stereocenters. The van der Waals surface area contributed by atoms with Crippen molar-refractivity contribution in [2.75, 3.05) is 30.4 Å². The summed E-state index contributed by atoms with van der Waals surface area (Å²) in [6.07, 6.45) is -3.58. The minimum atomic E-state index is -4.47. The summed E-state index contributed by atoms with van der Waals surface area (Å²) in [6, 6.07) is 0.987. The Balaban J connectivity index is 3.02. The molecule has 1 aromatic heterocycles. The average Bonchev–Trinajstić information content (AvgIpc) is 2.34. The Bertz CT molecular complexity index is 432. The fourth-order valence-electron chi connectivity index (χ4n) is 1.58. The van der Waals surface area contributed by atoms with Crippen molar-refractivity contribution in [3.8, 4) is 0 Å². The van der Waals surface area contributed by atoms with Gasteiger partial charge in [0.25, 0.3) is 0 Å². The van der Waals surface area contributed by atoms with Crippen LogP contribution in [0.3, 0.4) is 0 Å². The first kappa shape index (κ1) is 16.5. The Morgan fingerprint density at radius 1 is 1.30 bits per heavy atom. The van der Waals surface area contributed by atoms with Gasteiger partial charge >= 0.3 is 6.18 Å². The summed E-state index contributed by atoms with van der Waals surface area (Å²) in [6.45, 7) is 7.04. The van der Waals surface area contributed by atoms with Crippen LogP contribution in [0.2, 0.25) is 0 Å². The van der Waals surface area contributed by atoms with E-state index in [0.29, 0.717) is 19.0 Å². The zero-order valence-electron chi connectivity index (χ0n) is 12.3. The number of nitrogens with zero attached hydrogens (tertiary/aromatic N) is 3. The Labute approximate surface area is 117 Å². The lowest BCUT2D eigenvalue weighted by Crippen LogP contribution is -2.23. The smallest absolute Gasteiger partial charge is 0.359 e. The van der Waals surface area contributed by atoms with E-state index in [2.05, 4.69) is 29.1 Å². The van der Waals surface area contributed by atoms with Crippen LogP contribution in [0.15, 0.2) is 6.07 Å². The predicted octanol–water partition coefficient (Wildman–Crippen LogP) is 3.41. The maximum Gasteiger partial charge on any atom is 0.433 e. The fraction of sp³-hybridized carbons (Fsp3) is 0.692. The van der Waals surface area contributed by atoms with Gasteiger partial charge in [0, 0.05) is 26.2 Å². The van der Waals surface area contributed by atoms with E-state index >= 15 is 0 Å². The molecule has 0 saturated heterocycles. The summed E-state index contributed by atoms with van der Waals surface area (Å²) in [7, 11) is 1.74. The molecular weight excluding hydrogens is 269 g/mol. The minimum absolute atomic E-state index is 0.00808. The van der Waals surface area contributed by atoms with Crippen LogP contribution in [0.25, 0.3) is 0 Å². The minimum Gasteiger partial charge on any atom is -0.359 e. The van der Waals surface area contributed by atoms with E-state index in [4.69, 9.17) is 0 Å². The number of aromatic nitrogens is 2. The van der Waals surface area contributed by atoms with Crippen molar-refractivity contribution in [3.05, 3.63) is 11.8 Å². The first-order chi connectivity index (χ1) is 9.24. The number of hydrogen-bond acceptors (Lipinski definition) is 4. The van der Waals surface area contributed by atoms with E-state index in [1.54, 1.807) is 18.9 Å². The maximum atomic E-state index is 12.8. The van der Waals surface area contributed by atoms with Gasteiger partial charge in [0.1, 0.15) is 5.82 Å². The van der Waals surface area contributed by atoms with Crippen LogP contribution in [0.1, 0.15) is 32.9 Å². The van der Waals surface area contributed by atoms with Gasteiger partial charge in [-0.2, -0.15) is 18.2 Å². The van der Waals surface area contributed by atoms with Crippen LogP contribution < -0.4 is 10.2 Å². The standard InChI is InChI=1S/C13H21F3N4/c1-5-17-12-18-10(13(14,15)16)8-11(19-12)20(4)7-6-9(2)3/h8-9H,5-7H2,1-4H3,(H,17,18,19). The van der Waals surface area contributed by atoms with Crippen LogP contribution in [-0.2, 0) is 6.18 Å². The molecular formula is C13H21F3N4. The van der Waals surface area contributed by atoms with Gasteiger partial charge in [0.05, 0.1) is 0 Å². The first-order valence-electron chi connectivity index (χ1n) is 6.65. The molecule has 1 aromatic rings. The van der Waals surface area contributed by atoms with E-state index in [1.165, 1.54) is 0 Å². The summed E-state index contributed by atoms with van der Waals surface area (Å²) in [5, 5.41) is 2.73. The number of hydrogen-bond donors (Lipinski definition) is 1. The highest BCUT2D eigenvalue weighted by molar-refractivity contribution is 5.44. The van der Waals surface area contributed by atoms with Crippen molar-refractivity contribution >= 4 is 11.8 Å². The monoisotopic (exact) mass is 290 g/mol. The third-order valence-electron chi connectivity index (χ3n) is 2.77. The quantitative estimate of drug-likeness (QED) is 0.871. The highest BCUT2D eigenvalue weighted by Gasteiger charge is 2.34. The van der Waals surface area contributed by atoms with Gasteiger partial charge in [-0.1, -0.05) is 13.8 Å². The SMILES string of the molecule is CCNc1nc(N(C)CCC(C)C)cc(C(F)(F)F)n1. The second-order valence-electron chi connectivity index (χ2n) is 5.07. The van der Waals surface area contributed by atoms with Crippen LogP contribution in [0.4, 0.5) is 24.9 Å². The topological polar surface area (TPSA) is 41.1 Å². The van der Waals surface area contributed by atoms with Gasteiger partial charge in [-0.3, -0.25) is 0 Å². The Hall–Kier alpha value is -1.53. The Kier molecular flexibility index (Phi) is 5.59. The molecule has 0 saturated carbocycles. The van der Waals surface area contributed by atoms with Gasteiger partial charge < -0.3 is 10.2 Å². The summed E-state index contributed by atoms with van der Waals surface area (Å²) in [4.78, 5) is 9.34. The molecule has 4 nitrogen and oxygen atoms in total. The van der Waals surface area contributed by atoms with Crippen LogP contribution in [0, 0.1) is 5.92 Å². The second-order valence-corrected chi connectivity index (χ2v) is 5.07. The molecule has 1 N–H and O–H groups in total. The van der Waals surface area contributed by atoms with Crippen molar-refractivity contribution in [3.63, 3.8) is 0 Å². The van der Waals surface area contributed by atoms with Crippen molar-refractivity contribution in [1.82, 2.24) is 9.97 Å². The highest BCUT2D eigenvalue weighted by Crippen LogP contribution is 2.30. The maximum absolute atomic E-state index is 12.8. The number of anilines is 2. The Morgan fingerprint density at radius 3 is 2.45 bits per heavy atom. The molecule has 0 amide bonds. The number of alkyl halides is 3. The summed E-state index contributed by atoms with van der Waals surface area (Å²) in [5.41, 5.74) is -0.921. The molecule has 114 valence electrons. The molecule has 0 bridgehead atoms. The number of nitrogens with one attached hydrogen (secondary N) is 1. The molecule has 0 fully saturated rings. The largest absolute Gasteiger partial charge is 0.433 e. The van der Waals surface area contributed by atoms with Crippen molar-refractivity contribution < 1.29 is 13.2 Å². The van der Waals surface area contributed by atoms with E-state index < -0.39 is 11.9 Å². The fourth-order valence-corrected chi connectivity index (χ4v) is 1.58. The molecule has 0 aliphatic heterocycles. The molecule has 0 aliphatic carbocycles. The van der Waals surface area contributed by atoms with Gasteiger partial charge in [-0.15, -0.1) is 0 Å². The summed E-state index contributed by atoms with van der Waals surface area (Å²) >= 11 is 0. The third kappa shape index (κ3) is 4.86. The zero-order chi connectivity index (χ0) is 15.3. The summed E-state index contributed by atoms with van der Waals surface area (Å²) < 4.78 is 38.5. The van der Waals surface area contributed by atoms with Gasteiger partial charge in [0.2, 0.25) is 5.95 Å². The van der Waals surface area contributed by atoms with Crippen LogP contribution in [0.5, 0.6) is 0 Å². The summed E-state index contributed by atoms with van der Waals surface area (Å²) in [5.74, 6) is 0.771. The molecule has 1 heterocycles. The van der Waals surface area contributed by atoms with E-state index in [-0.39, 0.29) is 11.8 Å². The van der Waals surface area contributed by atoms with E-state index in [1.807, 2.05) is 0 Å². The Morgan fingerprint density at radius 2 is 1.95 bits per heavy atom. The van der Waals surface area contributed by atoms with Gasteiger partial charge in [-0.05, 0) is 19.3 Å². The highest BCUT2D eigenvalue weighted by atomic mass is 19.4. The molecule has 7 heteroatoms.